The number of rotatable bonds is 11. The van der Waals surface area contributed by atoms with E-state index < -0.39 is 0 Å². The molecule has 1 heteroatoms. The summed E-state index contributed by atoms with van der Waals surface area (Å²) in [5, 5.41) is 0. The summed E-state index contributed by atoms with van der Waals surface area (Å²) < 4.78 is 0. The number of aryl methyl sites for hydroxylation is 2. The van der Waals surface area contributed by atoms with Crippen LogP contribution in [0.2, 0.25) is 0 Å². The monoisotopic (exact) mass is 391 g/mol. The molecular formula is C28H41N. The van der Waals surface area contributed by atoms with Crippen molar-refractivity contribution >= 4 is 0 Å². The Bertz CT molecular complexity index is 677. The summed E-state index contributed by atoms with van der Waals surface area (Å²) in [6.45, 7) is 4.50. The van der Waals surface area contributed by atoms with E-state index in [1.165, 1.54) is 93.7 Å². The highest BCUT2D eigenvalue weighted by atomic mass is 14.7. The van der Waals surface area contributed by atoms with E-state index in [1.807, 2.05) is 0 Å². The Balaban J connectivity index is 1.36. The van der Waals surface area contributed by atoms with Gasteiger partial charge in [-0.2, -0.15) is 0 Å². The molecule has 29 heavy (non-hydrogen) atoms. The molecule has 1 saturated carbocycles. The van der Waals surface area contributed by atoms with Gasteiger partial charge in [0.15, 0.2) is 0 Å². The van der Waals surface area contributed by atoms with Crippen LogP contribution in [-0.4, -0.2) is 4.98 Å². The van der Waals surface area contributed by atoms with Gasteiger partial charge in [-0.1, -0.05) is 108 Å². The van der Waals surface area contributed by atoms with Crippen molar-refractivity contribution in [1.29, 1.82) is 0 Å². The molecule has 0 spiro atoms. The third-order valence-electron chi connectivity index (χ3n) is 7.01. The molecule has 1 aliphatic carbocycles. The van der Waals surface area contributed by atoms with E-state index in [1.54, 1.807) is 0 Å². The van der Waals surface area contributed by atoms with Crippen LogP contribution in [0.4, 0.5) is 0 Å². The maximum atomic E-state index is 4.74. The largest absolute Gasteiger partial charge is 0.256 e. The molecule has 1 aromatic heterocycles. The highest BCUT2D eigenvalue weighted by Gasteiger charge is 2.20. The van der Waals surface area contributed by atoms with Crippen LogP contribution in [0.3, 0.4) is 0 Å². The van der Waals surface area contributed by atoms with Crippen molar-refractivity contribution in [1.82, 2.24) is 4.98 Å². The third-order valence-corrected chi connectivity index (χ3v) is 7.01. The van der Waals surface area contributed by atoms with Crippen LogP contribution in [0.1, 0.15) is 95.6 Å². The van der Waals surface area contributed by atoms with Gasteiger partial charge in [0.25, 0.3) is 0 Å². The van der Waals surface area contributed by atoms with Crippen molar-refractivity contribution in [2.24, 2.45) is 11.8 Å². The second kappa shape index (κ2) is 12.2. The summed E-state index contributed by atoms with van der Waals surface area (Å²) in [7, 11) is 0. The molecule has 3 rings (SSSR count). The topological polar surface area (TPSA) is 12.9 Å². The Labute approximate surface area is 179 Å². The number of nitrogens with zero attached hydrogens (tertiary/aromatic N) is 1. The maximum absolute atomic E-state index is 4.74. The summed E-state index contributed by atoms with van der Waals surface area (Å²) in [6, 6.07) is 13.3. The van der Waals surface area contributed by atoms with Crippen LogP contribution in [0.5, 0.6) is 0 Å². The van der Waals surface area contributed by atoms with Gasteiger partial charge in [0.05, 0.1) is 5.69 Å². The lowest BCUT2D eigenvalue weighted by Gasteiger charge is -2.28. The summed E-state index contributed by atoms with van der Waals surface area (Å²) in [4.78, 5) is 4.74. The zero-order valence-electron chi connectivity index (χ0n) is 18.8. The number of hydrogen-bond donors (Lipinski definition) is 0. The summed E-state index contributed by atoms with van der Waals surface area (Å²) in [6.07, 6.45) is 20.2. The molecule has 1 aromatic carbocycles. The molecular weight excluding hydrogens is 350 g/mol. The number of pyridine rings is 1. The van der Waals surface area contributed by atoms with E-state index >= 15 is 0 Å². The lowest BCUT2D eigenvalue weighted by Crippen LogP contribution is -2.15. The van der Waals surface area contributed by atoms with Crippen LogP contribution < -0.4 is 0 Å². The fourth-order valence-corrected chi connectivity index (χ4v) is 4.87. The van der Waals surface area contributed by atoms with Gasteiger partial charge in [-0.3, -0.25) is 4.98 Å². The zero-order chi connectivity index (χ0) is 20.3. The molecule has 2 aromatic rings. The molecule has 0 unspecified atom stereocenters. The second-order valence-electron chi connectivity index (χ2n) is 9.23. The first-order valence-corrected chi connectivity index (χ1v) is 12.3. The van der Waals surface area contributed by atoms with Crippen molar-refractivity contribution in [3.8, 4) is 11.3 Å². The molecule has 0 aliphatic heterocycles. The fourth-order valence-electron chi connectivity index (χ4n) is 4.87. The van der Waals surface area contributed by atoms with Gasteiger partial charge in [0.1, 0.15) is 0 Å². The lowest BCUT2D eigenvalue weighted by atomic mass is 9.78. The zero-order valence-corrected chi connectivity index (χ0v) is 18.8. The summed E-state index contributed by atoms with van der Waals surface area (Å²) >= 11 is 0. The van der Waals surface area contributed by atoms with Gasteiger partial charge in [-0.15, -0.1) is 0 Å². The fraction of sp³-hybridized carbons (Fsp3) is 0.607. The highest BCUT2D eigenvalue weighted by molar-refractivity contribution is 5.59. The minimum Gasteiger partial charge on any atom is -0.256 e. The molecule has 1 aliphatic rings. The molecule has 158 valence electrons. The average Bonchev–Trinajstić information content (AvgIpc) is 2.79. The summed E-state index contributed by atoms with van der Waals surface area (Å²) in [5.41, 5.74) is 5.10. The summed E-state index contributed by atoms with van der Waals surface area (Å²) in [5.74, 6) is 1.96. The average molecular weight is 392 g/mol. The predicted octanol–water partition coefficient (Wildman–Crippen LogP) is 8.41. The molecule has 1 heterocycles. The van der Waals surface area contributed by atoms with E-state index in [9.17, 15) is 0 Å². The van der Waals surface area contributed by atoms with Crippen molar-refractivity contribution in [3.05, 3.63) is 53.7 Å². The van der Waals surface area contributed by atoms with Crippen LogP contribution in [-0.2, 0) is 12.8 Å². The van der Waals surface area contributed by atoms with Crippen LogP contribution >= 0.6 is 0 Å². The Morgan fingerprint density at radius 3 is 2.00 bits per heavy atom. The molecule has 1 nitrogen and oxygen atoms in total. The minimum atomic E-state index is 0.938. The first-order chi connectivity index (χ1) is 14.3. The minimum absolute atomic E-state index is 0.938. The second-order valence-corrected chi connectivity index (χ2v) is 9.23. The van der Waals surface area contributed by atoms with E-state index in [2.05, 4.69) is 56.4 Å². The standard InChI is InChI=1S/C28H41N/c1-3-5-6-7-8-9-24-10-12-25(13-11-24)14-15-26-18-21-28(29-22-26)27-19-16-23(4-2)17-20-27/h16-22,24-25H,3-15H2,1-2H3. The molecule has 0 radical (unpaired) electrons. The molecule has 0 bridgehead atoms. The highest BCUT2D eigenvalue weighted by Crippen LogP contribution is 2.34. The van der Waals surface area contributed by atoms with Crippen LogP contribution in [0.15, 0.2) is 42.6 Å². The Kier molecular flexibility index (Phi) is 9.25. The lowest BCUT2D eigenvalue weighted by molar-refractivity contribution is 0.248. The Hall–Kier alpha value is -1.63. The molecule has 0 amide bonds. The van der Waals surface area contributed by atoms with Crippen LogP contribution in [0.25, 0.3) is 11.3 Å². The molecule has 0 N–H and O–H groups in total. The number of unbranched alkanes of at least 4 members (excludes halogenated alkanes) is 4. The van der Waals surface area contributed by atoms with Crippen molar-refractivity contribution in [2.75, 3.05) is 0 Å². The number of benzene rings is 1. The van der Waals surface area contributed by atoms with Gasteiger partial charge in [-0.05, 0) is 48.3 Å². The van der Waals surface area contributed by atoms with Crippen LogP contribution in [0, 0.1) is 11.8 Å². The molecule has 0 atom stereocenters. The Morgan fingerprint density at radius 1 is 0.724 bits per heavy atom. The Morgan fingerprint density at radius 2 is 1.38 bits per heavy atom. The third kappa shape index (κ3) is 7.28. The van der Waals surface area contributed by atoms with Gasteiger partial charge in [-0.25, -0.2) is 0 Å². The number of hydrogen-bond acceptors (Lipinski definition) is 1. The first-order valence-electron chi connectivity index (χ1n) is 12.3. The SMILES string of the molecule is CCCCCCCC1CCC(CCc2ccc(-c3ccc(CC)cc3)nc2)CC1. The maximum Gasteiger partial charge on any atom is 0.0702 e. The van der Waals surface area contributed by atoms with E-state index in [0.717, 1.165) is 24.0 Å². The van der Waals surface area contributed by atoms with Gasteiger partial charge in [0, 0.05) is 11.8 Å². The number of aromatic nitrogens is 1. The van der Waals surface area contributed by atoms with E-state index in [4.69, 9.17) is 4.98 Å². The van der Waals surface area contributed by atoms with Gasteiger partial charge >= 0.3 is 0 Å². The predicted molar refractivity (Wildman–Crippen MR) is 126 cm³/mol. The molecule has 1 fully saturated rings. The smallest absolute Gasteiger partial charge is 0.0702 e. The van der Waals surface area contributed by atoms with Crippen molar-refractivity contribution in [3.63, 3.8) is 0 Å². The first kappa shape index (κ1) is 22.1. The molecule has 0 saturated heterocycles. The van der Waals surface area contributed by atoms with E-state index in [0.29, 0.717) is 0 Å². The van der Waals surface area contributed by atoms with Gasteiger partial charge < -0.3 is 0 Å². The normalized spacial score (nSPS) is 19.4. The van der Waals surface area contributed by atoms with Crippen molar-refractivity contribution < 1.29 is 0 Å². The van der Waals surface area contributed by atoms with E-state index in [-0.39, 0.29) is 0 Å². The van der Waals surface area contributed by atoms with Crippen molar-refractivity contribution in [2.45, 2.75) is 97.3 Å². The van der Waals surface area contributed by atoms with Gasteiger partial charge in [0.2, 0.25) is 0 Å². The quantitative estimate of drug-likeness (QED) is 0.350.